The highest BCUT2D eigenvalue weighted by molar-refractivity contribution is 8.00. The number of anilines is 1. The Morgan fingerprint density at radius 2 is 2.26 bits per heavy atom. The van der Waals surface area contributed by atoms with Crippen LogP contribution < -0.4 is 5.73 Å². The number of hydrogen-bond acceptors (Lipinski definition) is 5. The number of likely N-dealkylation sites (tertiary alicyclic amines) is 1. The van der Waals surface area contributed by atoms with Gasteiger partial charge in [-0.3, -0.25) is 14.5 Å². The fourth-order valence-corrected chi connectivity index (χ4v) is 3.08. The topological polar surface area (TPSA) is 92.1 Å². The molecule has 19 heavy (non-hydrogen) atoms. The van der Waals surface area contributed by atoms with Crippen LogP contribution in [0.25, 0.3) is 11.0 Å². The molecule has 0 spiro atoms. The molecule has 1 aromatic carbocycles. The molecule has 3 N–H and O–H groups in total. The summed E-state index contributed by atoms with van der Waals surface area (Å²) in [6.45, 7) is 0. The highest BCUT2D eigenvalue weighted by Crippen LogP contribution is 2.30. The van der Waals surface area contributed by atoms with Crippen molar-refractivity contribution in [2.75, 3.05) is 12.8 Å². The van der Waals surface area contributed by atoms with Crippen molar-refractivity contribution in [3.63, 3.8) is 0 Å². The molecular formula is C12H12N4O2S. The maximum Gasteiger partial charge on any atom is 0.243 e. The number of carbonyl (C=O) groups is 2. The lowest BCUT2D eigenvalue weighted by Gasteiger charge is -2.06. The van der Waals surface area contributed by atoms with Gasteiger partial charge in [-0.05, 0) is 18.2 Å². The Labute approximate surface area is 113 Å². The lowest BCUT2D eigenvalue weighted by atomic mass is 10.3. The molecule has 1 saturated heterocycles. The van der Waals surface area contributed by atoms with Crippen molar-refractivity contribution in [1.29, 1.82) is 0 Å². The lowest BCUT2D eigenvalue weighted by Crippen LogP contribution is -2.26. The van der Waals surface area contributed by atoms with E-state index in [-0.39, 0.29) is 18.2 Å². The van der Waals surface area contributed by atoms with Crippen LogP contribution in [0.3, 0.4) is 0 Å². The normalized spacial score (nSPS) is 19.6. The van der Waals surface area contributed by atoms with Gasteiger partial charge >= 0.3 is 0 Å². The van der Waals surface area contributed by atoms with E-state index in [1.54, 1.807) is 12.1 Å². The molecule has 0 aliphatic carbocycles. The smallest absolute Gasteiger partial charge is 0.243 e. The summed E-state index contributed by atoms with van der Waals surface area (Å²) in [6.07, 6.45) is 0.221. The molecule has 0 radical (unpaired) electrons. The van der Waals surface area contributed by atoms with Crippen LogP contribution in [0.1, 0.15) is 6.42 Å². The van der Waals surface area contributed by atoms with Gasteiger partial charge in [-0.15, -0.1) is 0 Å². The van der Waals surface area contributed by atoms with E-state index in [0.717, 1.165) is 15.9 Å². The molecule has 1 aliphatic rings. The first kappa shape index (κ1) is 12.0. The predicted molar refractivity (Wildman–Crippen MR) is 72.5 cm³/mol. The molecule has 1 aliphatic heterocycles. The second-order valence-electron chi connectivity index (χ2n) is 4.42. The number of H-pyrrole nitrogens is 1. The second kappa shape index (κ2) is 4.27. The van der Waals surface area contributed by atoms with E-state index in [2.05, 4.69) is 9.97 Å². The summed E-state index contributed by atoms with van der Waals surface area (Å²) < 4.78 is 0. The molecule has 2 amide bonds. The number of benzene rings is 1. The van der Waals surface area contributed by atoms with Crippen LogP contribution >= 0.6 is 11.8 Å². The van der Waals surface area contributed by atoms with Crippen molar-refractivity contribution in [2.24, 2.45) is 0 Å². The van der Waals surface area contributed by atoms with E-state index >= 15 is 0 Å². The minimum Gasteiger partial charge on any atom is -0.399 e. The van der Waals surface area contributed by atoms with Gasteiger partial charge in [0.05, 0.1) is 11.0 Å². The number of thioether (sulfide) groups is 1. The van der Waals surface area contributed by atoms with Crippen LogP contribution in [-0.4, -0.2) is 39.0 Å². The summed E-state index contributed by atoms with van der Waals surface area (Å²) in [5.41, 5.74) is 7.97. The van der Waals surface area contributed by atoms with Crippen molar-refractivity contribution in [3.8, 4) is 0 Å². The van der Waals surface area contributed by atoms with Gasteiger partial charge in [0, 0.05) is 19.2 Å². The SMILES string of the molecule is CN1C(=O)CC(Sc2nc3ccc(N)cc3[nH]2)C1=O. The molecule has 2 heterocycles. The number of imidazole rings is 1. The van der Waals surface area contributed by atoms with E-state index in [9.17, 15) is 9.59 Å². The first-order valence-electron chi connectivity index (χ1n) is 5.77. The van der Waals surface area contributed by atoms with E-state index in [1.807, 2.05) is 6.07 Å². The molecule has 6 nitrogen and oxygen atoms in total. The molecule has 1 fully saturated rings. The van der Waals surface area contributed by atoms with Crippen molar-refractivity contribution in [2.45, 2.75) is 16.8 Å². The number of hydrogen-bond donors (Lipinski definition) is 2. The maximum atomic E-state index is 11.8. The minimum absolute atomic E-state index is 0.150. The molecule has 2 aromatic rings. The number of imide groups is 1. The summed E-state index contributed by atoms with van der Waals surface area (Å²) in [5, 5.41) is 0.234. The van der Waals surface area contributed by atoms with Gasteiger partial charge < -0.3 is 10.7 Å². The number of rotatable bonds is 2. The molecule has 1 unspecified atom stereocenters. The van der Waals surface area contributed by atoms with Gasteiger partial charge in [0.2, 0.25) is 11.8 Å². The quantitative estimate of drug-likeness (QED) is 0.630. The van der Waals surface area contributed by atoms with Crippen LogP contribution in [0.2, 0.25) is 0 Å². The molecule has 1 aromatic heterocycles. The first-order chi connectivity index (χ1) is 9.04. The van der Waals surface area contributed by atoms with Crippen molar-refractivity contribution >= 4 is 40.3 Å². The second-order valence-corrected chi connectivity index (χ2v) is 5.61. The molecule has 3 rings (SSSR count). The summed E-state index contributed by atoms with van der Waals surface area (Å²) in [7, 11) is 1.50. The average molecular weight is 276 g/mol. The van der Waals surface area contributed by atoms with Crippen molar-refractivity contribution in [3.05, 3.63) is 18.2 Å². The summed E-state index contributed by atoms with van der Waals surface area (Å²) >= 11 is 1.28. The molecule has 1 atom stereocenters. The zero-order valence-corrected chi connectivity index (χ0v) is 11.0. The molecular weight excluding hydrogens is 264 g/mol. The highest BCUT2D eigenvalue weighted by atomic mass is 32.2. The van der Waals surface area contributed by atoms with E-state index in [1.165, 1.54) is 18.8 Å². The molecule has 0 bridgehead atoms. The number of nitrogens with zero attached hydrogens (tertiary/aromatic N) is 2. The van der Waals surface area contributed by atoms with Crippen LogP contribution in [0.4, 0.5) is 5.69 Å². The summed E-state index contributed by atoms with van der Waals surface area (Å²) in [4.78, 5) is 31.9. The first-order valence-corrected chi connectivity index (χ1v) is 6.65. The predicted octanol–water partition coefficient (Wildman–Crippen LogP) is 0.994. The van der Waals surface area contributed by atoms with Gasteiger partial charge in [-0.1, -0.05) is 11.8 Å². The van der Waals surface area contributed by atoms with E-state index < -0.39 is 5.25 Å². The van der Waals surface area contributed by atoms with Crippen LogP contribution in [0.15, 0.2) is 23.4 Å². The number of nitrogen functional groups attached to an aromatic ring is 1. The van der Waals surface area contributed by atoms with Gasteiger partial charge in [0.1, 0.15) is 5.25 Å². The van der Waals surface area contributed by atoms with Crippen LogP contribution in [0, 0.1) is 0 Å². The Hall–Kier alpha value is -2.02. The number of amides is 2. The third-order valence-electron chi connectivity index (χ3n) is 3.08. The Morgan fingerprint density at radius 3 is 2.95 bits per heavy atom. The van der Waals surface area contributed by atoms with Crippen LogP contribution in [-0.2, 0) is 9.59 Å². The summed E-state index contributed by atoms with van der Waals surface area (Å²) in [6, 6.07) is 5.38. The fourth-order valence-electron chi connectivity index (χ4n) is 2.01. The number of fused-ring (bicyclic) bond motifs is 1. The lowest BCUT2D eigenvalue weighted by molar-refractivity contribution is -0.136. The third kappa shape index (κ3) is 2.06. The largest absolute Gasteiger partial charge is 0.399 e. The van der Waals surface area contributed by atoms with Gasteiger partial charge in [0.15, 0.2) is 5.16 Å². The maximum absolute atomic E-state index is 11.8. The Balaban J connectivity index is 1.86. The van der Waals surface area contributed by atoms with Crippen LogP contribution in [0.5, 0.6) is 0 Å². The number of aromatic nitrogens is 2. The minimum atomic E-state index is -0.393. The number of carbonyl (C=O) groups excluding carboxylic acids is 2. The zero-order valence-electron chi connectivity index (χ0n) is 10.2. The number of nitrogens with two attached hydrogens (primary N) is 1. The standard InChI is InChI=1S/C12H12N4O2S/c1-16-10(17)5-9(11(16)18)19-12-14-7-3-2-6(13)4-8(7)15-12/h2-4,9H,5,13H2,1H3,(H,14,15). The highest BCUT2D eigenvalue weighted by Gasteiger charge is 2.37. The zero-order chi connectivity index (χ0) is 13.6. The monoisotopic (exact) mass is 276 g/mol. The van der Waals surface area contributed by atoms with Gasteiger partial charge in [-0.2, -0.15) is 0 Å². The average Bonchev–Trinajstić information content (AvgIpc) is 2.86. The molecule has 0 saturated carbocycles. The van der Waals surface area contributed by atoms with Gasteiger partial charge in [0.25, 0.3) is 0 Å². The van der Waals surface area contributed by atoms with E-state index in [4.69, 9.17) is 5.73 Å². The number of nitrogens with one attached hydrogen (secondary N) is 1. The summed E-state index contributed by atoms with van der Waals surface area (Å²) in [5.74, 6) is -0.321. The molecule has 98 valence electrons. The van der Waals surface area contributed by atoms with Crippen molar-refractivity contribution in [1.82, 2.24) is 14.9 Å². The Kier molecular flexibility index (Phi) is 2.70. The van der Waals surface area contributed by atoms with E-state index in [0.29, 0.717) is 10.8 Å². The third-order valence-corrected chi connectivity index (χ3v) is 4.15. The van der Waals surface area contributed by atoms with Gasteiger partial charge in [-0.25, -0.2) is 4.98 Å². The van der Waals surface area contributed by atoms with Crippen molar-refractivity contribution < 1.29 is 9.59 Å². The Bertz CT molecular complexity index is 681. The fraction of sp³-hybridized carbons (Fsp3) is 0.250. The number of aromatic amines is 1. The molecule has 7 heteroatoms. The Morgan fingerprint density at radius 1 is 1.47 bits per heavy atom.